The molecule has 0 aromatic heterocycles. The van der Waals surface area contributed by atoms with Crippen LogP contribution in [0.1, 0.15) is 25.3 Å². The molecule has 1 saturated heterocycles. The Morgan fingerprint density at radius 1 is 1.48 bits per heavy atom. The molecule has 1 fully saturated rings. The van der Waals surface area contributed by atoms with Crippen LogP contribution >= 0.6 is 0 Å². The minimum atomic E-state index is -1.53. The van der Waals surface area contributed by atoms with Crippen LogP contribution in [0.2, 0.25) is 6.32 Å². The molecule has 29 heavy (non-hydrogen) atoms. The first-order valence-electron chi connectivity index (χ1n) is 9.61. The third-order valence-electron chi connectivity index (χ3n) is 5.22. The first kappa shape index (κ1) is 23.1. The summed E-state index contributed by atoms with van der Waals surface area (Å²) < 4.78 is 5.47. The second kappa shape index (κ2) is 10.6. The number of likely N-dealkylation sites (tertiary alicyclic amines) is 1. The van der Waals surface area contributed by atoms with Crippen molar-refractivity contribution < 1.29 is 24.7 Å². The number of nitrogens with two attached hydrogens (primary N) is 1. The predicted octanol–water partition coefficient (Wildman–Crippen LogP) is 0.629. The third kappa shape index (κ3) is 5.92. The highest BCUT2D eigenvalue weighted by Crippen LogP contribution is 2.38. The van der Waals surface area contributed by atoms with Gasteiger partial charge in [-0.1, -0.05) is 41.9 Å². The number of carbonyl (C=O) groups excluding carboxylic acids is 1. The summed E-state index contributed by atoms with van der Waals surface area (Å²) in [7, 11) is -1.46. The zero-order chi connectivity index (χ0) is 21.4. The molecule has 0 amide bonds. The van der Waals surface area contributed by atoms with Crippen molar-refractivity contribution in [2.75, 3.05) is 13.1 Å². The molecule has 0 saturated carbocycles. The number of hydrogen-bond donors (Lipinski definition) is 4. The maximum atomic E-state index is 13.1. The van der Waals surface area contributed by atoms with Gasteiger partial charge in [0.15, 0.2) is 5.54 Å². The molecule has 1 aromatic carbocycles. The van der Waals surface area contributed by atoms with E-state index in [-0.39, 0.29) is 26.0 Å². The van der Waals surface area contributed by atoms with Crippen molar-refractivity contribution in [3.63, 3.8) is 0 Å². The second-order valence-corrected chi connectivity index (χ2v) is 7.49. The van der Waals surface area contributed by atoms with Gasteiger partial charge in [0.25, 0.3) is 0 Å². The monoisotopic (exact) mass is 405 g/mol. The number of azide groups is 1. The van der Waals surface area contributed by atoms with Crippen molar-refractivity contribution in [1.82, 2.24) is 4.90 Å². The van der Waals surface area contributed by atoms with Crippen molar-refractivity contribution in [3.8, 4) is 0 Å². The van der Waals surface area contributed by atoms with Gasteiger partial charge in [-0.05, 0) is 36.7 Å². The predicted molar refractivity (Wildman–Crippen MR) is 107 cm³/mol. The number of nitrogens with zero attached hydrogens (tertiary/aromatic N) is 4. The molecule has 5 N–H and O–H groups in total. The van der Waals surface area contributed by atoms with Crippen molar-refractivity contribution in [3.05, 3.63) is 46.3 Å². The average Bonchev–Trinajstić information content (AvgIpc) is 3.05. The van der Waals surface area contributed by atoms with Gasteiger partial charge in [0, 0.05) is 24.0 Å². The number of aliphatic hydroxyl groups is 1. The number of hydrogen-bond acceptors (Lipinski definition) is 8. The molecule has 0 radical (unpaired) electrons. The van der Waals surface area contributed by atoms with E-state index in [4.69, 9.17) is 26.0 Å². The van der Waals surface area contributed by atoms with Crippen LogP contribution in [-0.2, 0) is 16.1 Å². The summed E-state index contributed by atoms with van der Waals surface area (Å²) in [6, 6.07) is 8.56. The highest BCUT2D eigenvalue weighted by Gasteiger charge is 2.54. The van der Waals surface area contributed by atoms with E-state index in [1.165, 1.54) is 0 Å². The van der Waals surface area contributed by atoms with Gasteiger partial charge in [-0.2, -0.15) is 0 Å². The maximum absolute atomic E-state index is 13.1. The summed E-state index contributed by atoms with van der Waals surface area (Å²) >= 11 is 0. The molecular formula is C18H28BN5O5. The molecule has 1 heterocycles. The lowest BCUT2D eigenvalue weighted by molar-refractivity contribution is -0.152. The first-order chi connectivity index (χ1) is 13.8. The van der Waals surface area contributed by atoms with Crippen LogP contribution in [0.15, 0.2) is 35.4 Å². The van der Waals surface area contributed by atoms with Crippen LogP contribution < -0.4 is 5.73 Å². The summed E-state index contributed by atoms with van der Waals surface area (Å²) in [5.41, 5.74) is 14.2. The summed E-state index contributed by atoms with van der Waals surface area (Å²) in [4.78, 5) is 17.5. The maximum Gasteiger partial charge on any atom is 0.451 e. The molecule has 0 spiro atoms. The Bertz CT molecular complexity index is 716. The van der Waals surface area contributed by atoms with Crippen molar-refractivity contribution in [2.24, 2.45) is 16.8 Å². The van der Waals surface area contributed by atoms with Gasteiger partial charge >= 0.3 is 13.1 Å². The van der Waals surface area contributed by atoms with Gasteiger partial charge in [0.1, 0.15) is 12.8 Å². The number of rotatable bonds is 10. The van der Waals surface area contributed by atoms with Gasteiger partial charge in [-0.3, -0.25) is 9.69 Å². The number of benzene rings is 1. The standard InChI is InChI=1S/C18H28BN5O5/c1-13(20)16(25)24-10-15(8-5-9-19(27)28)18(12-24,22-23-21)17(26)29-11-14-6-3-2-4-7-14/h2-4,6-7,13,15-16,25,27-28H,5,8-12,20H2,1H3/t13-,15-,16?,18?/m0/s1. The highest BCUT2D eigenvalue weighted by atomic mass is 16.5. The topological polar surface area (TPSA) is 165 Å². The minimum absolute atomic E-state index is 0.0280. The Morgan fingerprint density at radius 3 is 2.76 bits per heavy atom. The molecule has 158 valence electrons. The number of aliphatic hydroxyl groups excluding tert-OH is 1. The van der Waals surface area contributed by atoms with E-state index in [0.717, 1.165) is 5.56 Å². The molecule has 2 rings (SSSR count). The summed E-state index contributed by atoms with van der Waals surface area (Å²) in [5, 5.41) is 32.4. The molecule has 11 heteroatoms. The zero-order valence-corrected chi connectivity index (χ0v) is 16.5. The van der Waals surface area contributed by atoms with Crippen molar-refractivity contribution >= 4 is 13.1 Å². The third-order valence-corrected chi connectivity index (χ3v) is 5.22. The fourth-order valence-corrected chi connectivity index (χ4v) is 3.66. The Hall–Kier alpha value is -2.14. The molecule has 1 aliphatic heterocycles. The molecular weight excluding hydrogens is 377 g/mol. The van der Waals surface area contributed by atoms with E-state index in [0.29, 0.717) is 12.8 Å². The summed E-state index contributed by atoms with van der Waals surface area (Å²) in [6.45, 7) is 1.91. The number of esters is 1. The van der Waals surface area contributed by atoms with Gasteiger partial charge < -0.3 is 25.6 Å². The highest BCUT2D eigenvalue weighted by molar-refractivity contribution is 6.40. The van der Waals surface area contributed by atoms with Crippen LogP contribution in [0, 0.1) is 5.92 Å². The largest absolute Gasteiger partial charge is 0.460 e. The molecule has 2 unspecified atom stereocenters. The Morgan fingerprint density at radius 2 is 2.17 bits per heavy atom. The van der Waals surface area contributed by atoms with Gasteiger partial charge in [0.05, 0.1) is 0 Å². The summed E-state index contributed by atoms with van der Waals surface area (Å²) in [6.07, 6.45) is -0.102. The van der Waals surface area contributed by atoms with Crippen molar-refractivity contribution in [1.29, 1.82) is 0 Å². The Kier molecular flexibility index (Phi) is 8.45. The minimum Gasteiger partial charge on any atom is -0.460 e. The second-order valence-electron chi connectivity index (χ2n) is 7.49. The normalized spacial score (nSPS) is 23.8. The zero-order valence-electron chi connectivity index (χ0n) is 16.5. The first-order valence-corrected chi connectivity index (χ1v) is 9.61. The van der Waals surface area contributed by atoms with Crippen LogP contribution in [0.4, 0.5) is 0 Å². The summed E-state index contributed by atoms with van der Waals surface area (Å²) in [5.74, 6) is -1.14. The lowest BCUT2D eigenvalue weighted by Gasteiger charge is -2.28. The molecule has 1 aliphatic rings. The van der Waals surface area contributed by atoms with Gasteiger partial charge in [-0.25, -0.2) is 0 Å². The van der Waals surface area contributed by atoms with E-state index in [9.17, 15) is 9.90 Å². The van der Waals surface area contributed by atoms with E-state index in [2.05, 4.69) is 10.0 Å². The van der Waals surface area contributed by atoms with E-state index >= 15 is 0 Å². The molecule has 10 nitrogen and oxygen atoms in total. The lowest BCUT2D eigenvalue weighted by atomic mass is 9.78. The Labute approximate surface area is 170 Å². The fourth-order valence-electron chi connectivity index (χ4n) is 3.66. The number of ether oxygens (including phenoxy) is 1. The fraction of sp³-hybridized carbons (Fsp3) is 0.611. The number of carbonyl (C=O) groups is 1. The van der Waals surface area contributed by atoms with Crippen molar-refractivity contribution in [2.45, 2.75) is 50.5 Å². The van der Waals surface area contributed by atoms with E-state index < -0.39 is 36.8 Å². The van der Waals surface area contributed by atoms with Crippen LogP contribution in [0.25, 0.3) is 10.4 Å². The van der Waals surface area contributed by atoms with E-state index in [1.54, 1.807) is 11.8 Å². The average molecular weight is 405 g/mol. The van der Waals surface area contributed by atoms with Crippen LogP contribution in [0.5, 0.6) is 0 Å². The SMILES string of the molecule is C[C@H](N)C(O)N1C[C@H](CCCB(O)O)C(N=[N+]=[N-])(C(=O)OCc2ccccc2)C1. The quantitative estimate of drug-likeness (QED) is 0.146. The smallest absolute Gasteiger partial charge is 0.451 e. The molecule has 1 aromatic rings. The molecule has 4 atom stereocenters. The van der Waals surface area contributed by atoms with Gasteiger partial charge in [-0.15, -0.1) is 0 Å². The lowest BCUT2D eigenvalue weighted by Crippen LogP contribution is -2.49. The molecule has 0 bridgehead atoms. The Balaban J connectivity index is 2.23. The van der Waals surface area contributed by atoms with Crippen LogP contribution in [0.3, 0.4) is 0 Å². The van der Waals surface area contributed by atoms with E-state index in [1.807, 2.05) is 30.3 Å². The molecule has 0 aliphatic carbocycles. The van der Waals surface area contributed by atoms with Crippen LogP contribution in [-0.4, -0.2) is 64.0 Å². The van der Waals surface area contributed by atoms with Gasteiger partial charge in [0.2, 0.25) is 0 Å².